The first-order valence-electron chi connectivity index (χ1n) is 12.6. The van der Waals surface area contributed by atoms with Crippen molar-refractivity contribution in [1.29, 1.82) is 0 Å². The number of carbonyl (C=O) groups excluding carboxylic acids is 2. The Morgan fingerprint density at radius 2 is 1.66 bits per heavy atom. The smallest absolute Gasteiger partial charge is 0.407 e. The maximum absolute atomic E-state index is 13.3. The third-order valence-corrected chi connectivity index (χ3v) is 7.99. The van der Waals surface area contributed by atoms with E-state index in [1.165, 1.54) is 11.1 Å². The highest BCUT2D eigenvalue weighted by atomic mass is 16.5. The Balaban J connectivity index is 1.20. The summed E-state index contributed by atoms with van der Waals surface area (Å²) in [7, 11) is 0. The van der Waals surface area contributed by atoms with Gasteiger partial charge in [-0.05, 0) is 54.9 Å². The molecule has 0 spiro atoms. The number of piperidine rings is 1. The molecule has 2 amide bonds. The molecule has 2 aromatic carbocycles. The van der Waals surface area contributed by atoms with Crippen LogP contribution in [0.3, 0.4) is 0 Å². The standard InChI is InChI=1S/C28H32N2O5/c1-17-15-18(27(32)33)13-14-30(17)26(31)23-11-6-12-25(23)29-28(34)35-16-24-21-9-4-2-7-19(21)20-8-3-5-10-22(20)24/h2-5,7-10,17-18,23-25H,6,11-16H2,1H3,(H,29,34)(H,32,33)/t17?,18?,23-,25+/m1/s1. The van der Waals surface area contributed by atoms with E-state index < -0.39 is 18.0 Å². The SMILES string of the molecule is CC1CC(C(=O)O)CCN1C(=O)[C@@H]1CCC[C@@H]1NC(=O)OCC1c2ccccc2-c2ccccc21. The molecule has 184 valence electrons. The van der Waals surface area contributed by atoms with Crippen LogP contribution in [-0.2, 0) is 14.3 Å². The molecule has 0 radical (unpaired) electrons. The van der Waals surface area contributed by atoms with Crippen LogP contribution in [0.2, 0.25) is 0 Å². The Kier molecular flexibility index (Phi) is 6.50. The number of carboxylic acids is 1. The van der Waals surface area contributed by atoms with Crippen LogP contribution in [0.5, 0.6) is 0 Å². The van der Waals surface area contributed by atoms with Gasteiger partial charge >= 0.3 is 12.1 Å². The van der Waals surface area contributed by atoms with Crippen LogP contribution in [-0.4, -0.2) is 53.2 Å². The van der Waals surface area contributed by atoms with Crippen molar-refractivity contribution < 1.29 is 24.2 Å². The number of hydrogen-bond donors (Lipinski definition) is 2. The summed E-state index contributed by atoms with van der Waals surface area (Å²) in [6.07, 6.45) is 2.78. The first-order chi connectivity index (χ1) is 16.9. The lowest BCUT2D eigenvalue weighted by molar-refractivity contribution is -0.149. The summed E-state index contributed by atoms with van der Waals surface area (Å²) in [5.74, 6) is -1.47. The van der Waals surface area contributed by atoms with Crippen molar-refractivity contribution in [2.24, 2.45) is 11.8 Å². The second kappa shape index (κ2) is 9.72. The first kappa shape index (κ1) is 23.4. The van der Waals surface area contributed by atoms with E-state index in [1.54, 1.807) is 0 Å². The van der Waals surface area contributed by atoms with E-state index in [0.29, 0.717) is 19.4 Å². The quantitative estimate of drug-likeness (QED) is 0.667. The predicted molar refractivity (Wildman–Crippen MR) is 131 cm³/mol. The number of nitrogens with one attached hydrogen (secondary N) is 1. The molecule has 2 N–H and O–H groups in total. The number of fused-ring (bicyclic) bond motifs is 3. The maximum atomic E-state index is 13.3. The average Bonchev–Trinajstić information content (AvgIpc) is 3.44. The third kappa shape index (κ3) is 4.51. The number of rotatable bonds is 5. The van der Waals surface area contributed by atoms with Gasteiger partial charge < -0.3 is 20.1 Å². The molecule has 7 nitrogen and oxygen atoms in total. The topological polar surface area (TPSA) is 95.9 Å². The molecule has 2 unspecified atom stereocenters. The molecule has 1 aliphatic heterocycles. The van der Waals surface area contributed by atoms with Gasteiger partial charge in [0, 0.05) is 24.5 Å². The molecule has 1 saturated heterocycles. The Bertz CT molecular complexity index is 1090. The second-order valence-corrected chi connectivity index (χ2v) is 10.1. The molecule has 2 aliphatic carbocycles. The van der Waals surface area contributed by atoms with Crippen LogP contribution >= 0.6 is 0 Å². The van der Waals surface area contributed by atoms with Gasteiger partial charge in [-0.3, -0.25) is 9.59 Å². The normalized spacial score (nSPS) is 25.6. The van der Waals surface area contributed by atoms with Crippen LogP contribution in [0.1, 0.15) is 56.1 Å². The van der Waals surface area contributed by atoms with Gasteiger partial charge in [-0.15, -0.1) is 0 Å². The molecule has 2 fully saturated rings. The zero-order valence-electron chi connectivity index (χ0n) is 20.0. The monoisotopic (exact) mass is 476 g/mol. The van der Waals surface area contributed by atoms with Crippen LogP contribution in [0.15, 0.2) is 48.5 Å². The van der Waals surface area contributed by atoms with Gasteiger partial charge in [-0.1, -0.05) is 55.0 Å². The molecule has 7 heteroatoms. The van der Waals surface area contributed by atoms with Gasteiger partial charge in [0.1, 0.15) is 6.61 Å². The Morgan fingerprint density at radius 3 is 2.29 bits per heavy atom. The van der Waals surface area contributed by atoms with Crippen molar-refractivity contribution in [3.05, 3.63) is 59.7 Å². The van der Waals surface area contributed by atoms with Crippen LogP contribution in [0.25, 0.3) is 11.1 Å². The summed E-state index contributed by atoms with van der Waals surface area (Å²) in [6, 6.07) is 16.0. The number of amides is 2. The van der Waals surface area contributed by atoms with E-state index >= 15 is 0 Å². The minimum absolute atomic E-state index is 0.00876. The predicted octanol–water partition coefficient (Wildman–Crippen LogP) is 4.41. The van der Waals surface area contributed by atoms with Gasteiger partial charge in [0.25, 0.3) is 0 Å². The van der Waals surface area contributed by atoms with Crippen molar-refractivity contribution in [3.63, 3.8) is 0 Å². The van der Waals surface area contributed by atoms with E-state index in [-0.39, 0.29) is 36.4 Å². The van der Waals surface area contributed by atoms with Gasteiger partial charge in [0.05, 0.1) is 11.8 Å². The molecule has 2 aromatic rings. The minimum atomic E-state index is -0.792. The number of ether oxygens (including phenoxy) is 1. The number of nitrogens with zero attached hydrogens (tertiary/aromatic N) is 1. The lowest BCUT2D eigenvalue weighted by atomic mass is 9.90. The molecule has 3 aliphatic rings. The number of benzene rings is 2. The van der Waals surface area contributed by atoms with Gasteiger partial charge in [0.15, 0.2) is 0 Å². The highest BCUT2D eigenvalue weighted by Gasteiger charge is 2.40. The summed E-state index contributed by atoms with van der Waals surface area (Å²) >= 11 is 0. The molecule has 0 aromatic heterocycles. The number of carbonyl (C=O) groups is 3. The fourth-order valence-corrected chi connectivity index (χ4v) is 6.16. The fourth-order valence-electron chi connectivity index (χ4n) is 6.16. The van der Waals surface area contributed by atoms with E-state index in [4.69, 9.17) is 4.74 Å². The third-order valence-electron chi connectivity index (χ3n) is 7.99. The molecule has 5 rings (SSSR count). The van der Waals surface area contributed by atoms with Crippen molar-refractivity contribution in [1.82, 2.24) is 10.2 Å². The van der Waals surface area contributed by atoms with Gasteiger partial charge in [0.2, 0.25) is 5.91 Å². The van der Waals surface area contributed by atoms with E-state index in [1.807, 2.05) is 36.1 Å². The zero-order valence-corrected chi connectivity index (χ0v) is 20.0. The summed E-state index contributed by atoms with van der Waals surface area (Å²) in [4.78, 5) is 39.2. The van der Waals surface area contributed by atoms with Crippen molar-refractivity contribution in [2.45, 2.75) is 57.0 Å². The maximum Gasteiger partial charge on any atom is 0.407 e. The summed E-state index contributed by atoms with van der Waals surface area (Å²) in [5, 5.41) is 12.3. The number of aliphatic carboxylic acids is 1. The summed E-state index contributed by atoms with van der Waals surface area (Å²) < 4.78 is 5.70. The lowest BCUT2D eigenvalue weighted by Gasteiger charge is -2.38. The first-order valence-corrected chi connectivity index (χ1v) is 12.6. The van der Waals surface area contributed by atoms with Gasteiger partial charge in [-0.25, -0.2) is 4.79 Å². The summed E-state index contributed by atoms with van der Waals surface area (Å²) in [6.45, 7) is 2.60. The van der Waals surface area contributed by atoms with Crippen molar-refractivity contribution >= 4 is 18.0 Å². The molecule has 4 atom stereocenters. The largest absolute Gasteiger partial charge is 0.481 e. The molecule has 0 bridgehead atoms. The Morgan fingerprint density at radius 1 is 1.00 bits per heavy atom. The minimum Gasteiger partial charge on any atom is -0.481 e. The fraction of sp³-hybridized carbons (Fsp3) is 0.464. The van der Waals surface area contributed by atoms with E-state index in [0.717, 1.165) is 30.4 Å². The summed E-state index contributed by atoms with van der Waals surface area (Å²) in [5.41, 5.74) is 4.68. The molecule has 1 heterocycles. The van der Waals surface area contributed by atoms with Crippen LogP contribution in [0, 0.1) is 11.8 Å². The molecule has 35 heavy (non-hydrogen) atoms. The van der Waals surface area contributed by atoms with Crippen LogP contribution in [0.4, 0.5) is 4.79 Å². The average molecular weight is 477 g/mol. The Hall–Kier alpha value is -3.35. The molecular formula is C28H32N2O5. The van der Waals surface area contributed by atoms with E-state index in [2.05, 4.69) is 29.6 Å². The van der Waals surface area contributed by atoms with E-state index in [9.17, 15) is 19.5 Å². The Labute approximate surface area is 205 Å². The number of hydrogen-bond acceptors (Lipinski definition) is 4. The van der Waals surface area contributed by atoms with Crippen molar-refractivity contribution in [3.8, 4) is 11.1 Å². The molecular weight excluding hydrogens is 444 g/mol. The molecule has 1 saturated carbocycles. The number of carboxylic acid groups (broad SMARTS) is 1. The van der Waals surface area contributed by atoms with Gasteiger partial charge in [-0.2, -0.15) is 0 Å². The highest BCUT2D eigenvalue weighted by molar-refractivity contribution is 5.82. The van der Waals surface area contributed by atoms with Crippen LogP contribution < -0.4 is 5.32 Å². The number of alkyl carbamates (subject to hydrolysis) is 1. The van der Waals surface area contributed by atoms with Crippen molar-refractivity contribution in [2.75, 3.05) is 13.2 Å². The second-order valence-electron chi connectivity index (χ2n) is 10.1. The highest BCUT2D eigenvalue weighted by Crippen LogP contribution is 2.44. The zero-order chi connectivity index (χ0) is 24.5. The lowest BCUT2D eigenvalue weighted by Crippen LogP contribution is -2.51. The number of likely N-dealkylation sites (tertiary alicyclic amines) is 1.